The first-order chi connectivity index (χ1) is 10.0. The van der Waals surface area contributed by atoms with Gasteiger partial charge in [0.2, 0.25) is 0 Å². The Hall–Kier alpha value is -1.90. The van der Waals surface area contributed by atoms with Crippen LogP contribution in [0.5, 0.6) is 0 Å². The van der Waals surface area contributed by atoms with Gasteiger partial charge in [-0.05, 0) is 23.6 Å². The Morgan fingerprint density at radius 1 is 1.38 bits per heavy atom. The van der Waals surface area contributed by atoms with Crippen LogP contribution in [0.25, 0.3) is 11.3 Å². The second kappa shape index (κ2) is 5.47. The van der Waals surface area contributed by atoms with E-state index >= 15 is 0 Å². The van der Waals surface area contributed by atoms with E-state index in [4.69, 9.17) is 4.42 Å². The van der Waals surface area contributed by atoms with Crippen LogP contribution in [0.4, 0.5) is 0 Å². The topological polar surface area (TPSA) is 77.1 Å². The highest BCUT2D eigenvalue weighted by Gasteiger charge is 2.17. The number of imidazole rings is 1. The van der Waals surface area contributed by atoms with Crippen molar-refractivity contribution in [1.82, 2.24) is 14.3 Å². The van der Waals surface area contributed by atoms with Gasteiger partial charge >= 0.3 is 0 Å². The Morgan fingerprint density at radius 2 is 2.24 bits per heavy atom. The maximum atomic E-state index is 12.0. The third kappa shape index (κ3) is 3.07. The van der Waals surface area contributed by atoms with Crippen molar-refractivity contribution in [2.24, 2.45) is 7.05 Å². The molecule has 0 amide bonds. The van der Waals surface area contributed by atoms with Crippen molar-refractivity contribution in [2.75, 3.05) is 0 Å². The van der Waals surface area contributed by atoms with E-state index in [0.717, 1.165) is 11.3 Å². The Balaban J connectivity index is 1.71. The fraction of sp³-hybridized carbons (Fsp3) is 0.154. The molecule has 6 nitrogen and oxygen atoms in total. The number of nitrogens with one attached hydrogen (secondary N) is 1. The third-order valence-corrected chi connectivity index (χ3v) is 4.83. The molecule has 0 aliphatic carbocycles. The van der Waals surface area contributed by atoms with E-state index in [1.807, 2.05) is 22.9 Å². The van der Waals surface area contributed by atoms with Crippen molar-refractivity contribution in [1.29, 1.82) is 0 Å². The second-order valence-electron chi connectivity index (χ2n) is 4.48. The highest BCUT2D eigenvalue weighted by molar-refractivity contribution is 7.89. The number of nitrogens with zero attached hydrogens (tertiary/aromatic N) is 2. The Kier molecular flexibility index (Phi) is 3.66. The lowest BCUT2D eigenvalue weighted by Gasteiger charge is -2.01. The van der Waals surface area contributed by atoms with E-state index in [1.165, 1.54) is 12.5 Å². The van der Waals surface area contributed by atoms with Gasteiger partial charge in [-0.1, -0.05) is 0 Å². The summed E-state index contributed by atoms with van der Waals surface area (Å²) in [7, 11) is -1.91. The zero-order chi connectivity index (χ0) is 14.9. The summed E-state index contributed by atoms with van der Waals surface area (Å²) in [6, 6.07) is 5.53. The van der Waals surface area contributed by atoms with E-state index in [0.29, 0.717) is 5.76 Å². The smallest absolute Gasteiger partial charge is 0.259 e. The molecule has 0 spiro atoms. The van der Waals surface area contributed by atoms with Crippen molar-refractivity contribution < 1.29 is 12.8 Å². The van der Waals surface area contributed by atoms with Gasteiger partial charge in [0.1, 0.15) is 11.5 Å². The predicted molar refractivity (Wildman–Crippen MR) is 79.3 cm³/mol. The van der Waals surface area contributed by atoms with Gasteiger partial charge in [0, 0.05) is 24.2 Å². The molecule has 8 heteroatoms. The van der Waals surface area contributed by atoms with E-state index in [2.05, 4.69) is 9.71 Å². The van der Waals surface area contributed by atoms with Crippen LogP contribution in [0.2, 0.25) is 0 Å². The van der Waals surface area contributed by atoms with Crippen molar-refractivity contribution in [3.63, 3.8) is 0 Å². The van der Waals surface area contributed by atoms with Crippen molar-refractivity contribution in [3.05, 3.63) is 47.2 Å². The lowest BCUT2D eigenvalue weighted by Crippen LogP contribution is -2.23. The molecule has 0 saturated heterocycles. The standard InChI is InChI=1S/C13H13N3O3S2/c1-16-7-13(14-9-16)21(17,18)15-6-11-2-3-12(19-11)10-4-5-20-8-10/h2-5,7-9,15H,6H2,1H3. The van der Waals surface area contributed by atoms with Gasteiger partial charge in [0.05, 0.1) is 12.9 Å². The third-order valence-electron chi connectivity index (χ3n) is 2.86. The number of aryl methyl sites for hydroxylation is 1. The minimum atomic E-state index is -3.62. The molecule has 0 atom stereocenters. The molecule has 0 fully saturated rings. The zero-order valence-electron chi connectivity index (χ0n) is 11.2. The number of sulfonamides is 1. The van der Waals surface area contributed by atoms with Gasteiger partial charge in [-0.25, -0.2) is 18.1 Å². The number of hydrogen-bond donors (Lipinski definition) is 1. The van der Waals surface area contributed by atoms with Crippen LogP contribution in [-0.4, -0.2) is 18.0 Å². The average Bonchev–Trinajstić information content (AvgIpc) is 3.17. The Labute approximate surface area is 126 Å². The zero-order valence-corrected chi connectivity index (χ0v) is 12.8. The molecular weight excluding hydrogens is 310 g/mol. The summed E-state index contributed by atoms with van der Waals surface area (Å²) in [4.78, 5) is 3.83. The minimum Gasteiger partial charge on any atom is -0.460 e. The predicted octanol–water partition coefficient (Wildman–Crippen LogP) is 2.22. The summed E-state index contributed by atoms with van der Waals surface area (Å²) in [6.07, 6.45) is 2.89. The van der Waals surface area contributed by atoms with Crippen LogP contribution < -0.4 is 4.72 Å². The van der Waals surface area contributed by atoms with Gasteiger partial charge in [-0.3, -0.25) is 0 Å². The van der Waals surface area contributed by atoms with Gasteiger partial charge in [-0.15, -0.1) is 0 Å². The largest absolute Gasteiger partial charge is 0.460 e. The Bertz CT molecular complexity index is 832. The van der Waals surface area contributed by atoms with Crippen molar-refractivity contribution >= 4 is 21.4 Å². The maximum absolute atomic E-state index is 12.0. The molecule has 3 rings (SSSR count). The number of furan rings is 1. The summed E-state index contributed by atoms with van der Waals surface area (Å²) in [5, 5.41) is 3.93. The summed E-state index contributed by atoms with van der Waals surface area (Å²) >= 11 is 1.58. The van der Waals surface area contributed by atoms with Crippen molar-refractivity contribution in [3.8, 4) is 11.3 Å². The highest BCUT2D eigenvalue weighted by Crippen LogP contribution is 2.24. The number of rotatable bonds is 5. The van der Waals surface area contributed by atoms with E-state index < -0.39 is 10.0 Å². The maximum Gasteiger partial charge on any atom is 0.259 e. The molecule has 110 valence electrons. The lowest BCUT2D eigenvalue weighted by atomic mass is 10.3. The first-order valence-electron chi connectivity index (χ1n) is 6.13. The van der Waals surface area contributed by atoms with Gasteiger partial charge in [-0.2, -0.15) is 11.3 Å². The van der Waals surface area contributed by atoms with Crippen molar-refractivity contribution in [2.45, 2.75) is 11.6 Å². The molecule has 0 radical (unpaired) electrons. The van der Waals surface area contributed by atoms with E-state index in [-0.39, 0.29) is 11.6 Å². The molecule has 3 aromatic heterocycles. The quantitative estimate of drug-likeness (QED) is 0.781. The number of aromatic nitrogens is 2. The molecule has 3 aromatic rings. The van der Waals surface area contributed by atoms with Crippen LogP contribution >= 0.6 is 11.3 Å². The van der Waals surface area contributed by atoms with Gasteiger partial charge in [0.25, 0.3) is 10.0 Å². The van der Waals surface area contributed by atoms with E-state index in [1.54, 1.807) is 29.0 Å². The fourth-order valence-corrected chi connectivity index (χ4v) is 3.42. The van der Waals surface area contributed by atoms with Gasteiger partial charge < -0.3 is 8.98 Å². The SMILES string of the molecule is Cn1cnc(S(=O)(=O)NCc2ccc(-c3ccsc3)o2)c1. The fourth-order valence-electron chi connectivity index (χ4n) is 1.80. The molecule has 0 aliphatic rings. The van der Waals surface area contributed by atoms with Crippen LogP contribution in [0.1, 0.15) is 5.76 Å². The molecule has 3 heterocycles. The van der Waals surface area contributed by atoms with Crippen LogP contribution in [-0.2, 0) is 23.6 Å². The number of thiophene rings is 1. The first-order valence-corrected chi connectivity index (χ1v) is 8.56. The summed E-state index contributed by atoms with van der Waals surface area (Å²) < 4.78 is 33.7. The second-order valence-corrected chi connectivity index (χ2v) is 6.97. The lowest BCUT2D eigenvalue weighted by molar-refractivity contribution is 0.509. The molecule has 0 saturated carbocycles. The van der Waals surface area contributed by atoms with Crippen LogP contribution in [0, 0.1) is 0 Å². The molecular formula is C13H13N3O3S2. The summed E-state index contributed by atoms with van der Waals surface area (Å²) in [6.45, 7) is 0.0864. The summed E-state index contributed by atoms with van der Waals surface area (Å²) in [5.74, 6) is 1.28. The first kappa shape index (κ1) is 14.1. The normalized spacial score (nSPS) is 11.9. The molecule has 0 aromatic carbocycles. The molecule has 1 N–H and O–H groups in total. The van der Waals surface area contributed by atoms with Crippen LogP contribution in [0.15, 0.2) is 50.9 Å². The molecule has 0 unspecified atom stereocenters. The minimum absolute atomic E-state index is 0.00499. The average molecular weight is 323 g/mol. The molecule has 0 bridgehead atoms. The van der Waals surface area contributed by atoms with Gasteiger partial charge in [0.15, 0.2) is 5.03 Å². The monoisotopic (exact) mass is 323 g/mol. The molecule has 0 aliphatic heterocycles. The highest BCUT2D eigenvalue weighted by atomic mass is 32.2. The summed E-state index contributed by atoms with van der Waals surface area (Å²) in [5.41, 5.74) is 0.985. The van der Waals surface area contributed by atoms with E-state index in [9.17, 15) is 8.42 Å². The molecule has 21 heavy (non-hydrogen) atoms. The van der Waals surface area contributed by atoms with Crippen LogP contribution in [0.3, 0.4) is 0 Å². The Morgan fingerprint density at radius 3 is 2.90 bits per heavy atom. The number of hydrogen-bond acceptors (Lipinski definition) is 5.